The number of pyridine rings is 1. The summed E-state index contributed by atoms with van der Waals surface area (Å²) in [7, 11) is 3.38. The van der Waals surface area contributed by atoms with Crippen LogP contribution in [0.25, 0.3) is 33.6 Å². The van der Waals surface area contributed by atoms with Crippen LogP contribution < -0.4 is 10.5 Å². The molecule has 8 nitrogen and oxygen atoms in total. The number of fused-ring (bicyclic) bond motifs is 2. The fourth-order valence-corrected chi connectivity index (χ4v) is 5.41. The van der Waals surface area contributed by atoms with Crippen LogP contribution in [0.5, 0.6) is 5.75 Å². The molecule has 2 N–H and O–H groups in total. The van der Waals surface area contributed by atoms with E-state index in [1.54, 1.807) is 24.1 Å². The van der Waals surface area contributed by atoms with E-state index in [0.29, 0.717) is 64.8 Å². The van der Waals surface area contributed by atoms with E-state index in [9.17, 15) is 18.0 Å². The zero-order chi connectivity index (χ0) is 26.8. The van der Waals surface area contributed by atoms with Gasteiger partial charge in [-0.1, -0.05) is 0 Å². The van der Waals surface area contributed by atoms with Crippen LogP contribution in [-0.4, -0.2) is 56.2 Å². The Labute approximate surface area is 217 Å². The molecule has 1 aliphatic heterocycles. The third-order valence-electron chi connectivity index (χ3n) is 7.55. The zero-order valence-electron chi connectivity index (χ0n) is 21.3. The molecule has 3 aromatic heterocycles. The molecule has 1 aromatic carbocycles. The summed E-state index contributed by atoms with van der Waals surface area (Å²) in [6, 6.07) is 7.72. The number of methoxy groups -OCH3 is 1. The smallest absolute Gasteiger partial charge is 0.433 e. The van der Waals surface area contributed by atoms with E-state index in [1.807, 2.05) is 22.2 Å². The van der Waals surface area contributed by atoms with Crippen molar-refractivity contribution in [1.29, 1.82) is 0 Å². The molecule has 4 aromatic rings. The SMILES string of the molecule is COc1cc(C(=O)N2CCC[C@@H](N)C2)cc2nc(-c3cc4ccc(C(F)(F)F)nc4n3CC3CC3)n(C)c12. The summed E-state index contributed by atoms with van der Waals surface area (Å²) in [4.78, 5) is 23.9. The number of ether oxygens (including phenoxy) is 1. The number of carbonyl (C=O) groups excluding carboxylic acids is 1. The van der Waals surface area contributed by atoms with Gasteiger partial charge in [0.15, 0.2) is 5.82 Å². The lowest BCUT2D eigenvalue weighted by atomic mass is 10.0. The van der Waals surface area contributed by atoms with Gasteiger partial charge < -0.3 is 24.5 Å². The van der Waals surface area contributed by atoms with Gasteiger partial charge in [-0.05, 0) is 61.9 Å². The molecule has 0 radical (unpaired) electrons. The minimum absolute atomic E-state index is 0.0420. The molecule has 0 bridgehead atoms. The van der Waals surface area contributed by atoms with Crippen molar-refractivity contribution in [1.82, 2.24) is 24.0 Å². The van der Waals surface area contributed by atoms with Crippen molar-refractivity contribution in [2.24, 2.45) is 18.7 Å². The molecular formula is C27H29F3N6O2. The van der Waals surface area contributed by atoms with Gasteiger partial charge in [0.2, 0.25) is 0 Å². The molecule has 1 saturated heterocycles. The van der Waals surface area contributed by atoms with Crippen LogP contribution >= 0.6 is 0 Å². The Balaban J connectivity index is 1.49. The predicted molar refractivity (Wildman–Crippen MR) is 137 cm³/mol. The molecule has 11 heteroatoms. The fourth-order valence-electron chi connectivity index (χ4n) is 5.41. The molecule has 0 spiro atoms. The highest BCUT2D eigenvalue weighted by molar-refractivity contribution is 6.00. The predicted octanol–water partition coefficient (Wildman–Crippen LogP) is 4.59. The molecule has 38 heavy (non-hydrogen) atoms. The average Bonchev–Trinajstić information content (AvgIpc) is 3.56. The summed E-state index contributed by atoms with van der Waals surface area (Å²) in [5.74, 6) is 1.33. The molecule has 2 aliphatic rings. The highest BCUT2D eigenvalue weighted by Crippen LogP contribution is 2.38. The second-order valence-corrected chi connectivity index (χ2v) is 10.4. The van der Waals surface area contributed by atoms with Gasteiger partial charge >= 0.3 is 6.18 Å². The second-order valence-electron chi connectivity index (χ2n) is 10.4. The summed E-state index contributed by atoms with van der Waals surface area (Å²) in [6.45, 7) is 1.71. The van der Waals surface area contributed by atoms with Crippen LogP contribution in [0.3, 0.4) is 0 Å². The van der Waals surface area contributed by atoms with E-state index < -0.39 is 11.9 Å². The Bertz CT molecular complexity index is 1550. The maximum atomic E-state index is 13.5. The quantitative estimate of drug-likeness (QED) is 0.411. The van der Waals surface area contributed by atoms with Gasteiger partial charge in [0, 0.05) is 43.7 Å². The maximum Gasteiger partial charge on any atom is 0.433 e. The summed E-state index contributed by atoms with van der Waals surface area (Å²) in [6.07, 6.45) is -0.727. The number of nitrogens with two attached hydrogens (primary N) is 1. The first-order valence-corrected chi connectivity index (χ1v) is 12.8. The number of alkyl halides is 3. The Morgan fingerprint density at radius 1 is 1.16 bits per heavy atom. The van der Waals surface area contributed by atoms with Crippen LogP contribution in [-0.2, 0) is 19.8 Å². The number of piperidine rings is 1. The van der Waals surface area contributed by atoms with Gasteiger partial charge in [-0.25, -0.2) is 9.97 Å². The number of halogens is 3. The topological polar surface area (TPSA) is 91.2 Å². The third-order valence-corrected chi connectivity index (χ3v) is 7.55. The largest absolute Gasteiger partial charge is 0.494 e. The molecule has 1 atom stereocenters. The lowest BCUT2D eigenvalue weighted by Gasteiger charge is -2.30. The fraction of sp³-hybridized carbons (Fsp3) is 0.444. The van der Waals surface area contributed by atoms with Gasteiger partial charge in [0.05, 0.1) is 18.3 Å². The number of amides is 1. The number of imidazole rings is 1. The van der Waals surface area contributed by atoms with Crippen LogP contribution in [0.1, 0.15) is 41.7 Å². The number of likely N-dealkylation sites (tertiary alicyclic amines) is 1. The first-order chi connectivity index (χ1) is 18.1. The summed E-state index contributed by atoms with van der Waals surface area (Å²) < 4.78 is 49.8. The van der Waals surface area contributed by atoms with E-state index >= 15 is 0 Å². The lowest BCUT2D eigenvalue weighted by molar-refractivity contribution is -0.141. The van der Waals surface area contributed by atoms with E-state index in [1.165, 1.54) is 6.07 Å². The Hall–Kier alpha value is -3.60. The number of carbonyl (C=O) groups is 1. The standard InChI is InChI=1S/C27H29F3N6O2/c1-34-23-19(10-17(12-21(23)38-2)26(37)35-9-3-4-18(31)14-35)32-25(34)20-11-16-7-8-22(27(28,29)30)33-24(16)36(20)13-15-5-6-15/h7-8,10-12,15,18H,3-6,9,13-14,31H2,1-2H3/t18-/m1/s1. The number of benzene rings is 1. The first-order valence-electron chi connectivity index (χ1n) is 12.8. The second kappa shape index (κ2) is 9.00. The monoisotopic (exact) mass is 526 g/mol. The third kappa shape index (κ3) is 4.28. The van der Waals surface area contributed by atoms with Crippen LogP contribution in [0.15, 0.2) is 30.3 Å². The molecule has 0 unspecified atom stereocenters. The molecule has 200 valence electrons. The van der Waals surface area contributed by atoms with E-state index in [-0.39, 0.29) is 17.6 Å². The van der Waals surface area contributed by atoms with Crippen molar-refractivity contribution in [3.05, 3.63) is 41.6 Å². The van der Waals surface area contributed by atoms with Gasteiger partial charge in [0.25, 0.3) is 5.91 Å². The number of hydrogen-bond donors (Lipinski definition) is 1. The summed E-state index contributed by atoms with van der Waals surface area (Å²) in [5, 5.41) is 0.616. The molecular weight excluding hydrogens is 497 g/mol. The number of aryl methyl sites for hydroxylation is 1. The molecule has 2 fully saturated rings. The van der Waals surface area contributed by atoms with Crippen molar-refractivity contribution >= 4 is 28.0 Å². The lowest BCUT2D eigenvalue weighted by Crippen LogP contribution is -2.45. The Morgan fingerprint density at radius 3 is 2.63 bits per heavy atom. The Morgan fingerprint density at radius 2 is 1.95 bits per heavy atom. The van der Waals surface area contributed by atoms with E-state index in [0.717, 1.165) is 31.7 Å². The zero-order valence-corrected chi connectivity index (χ0v) is 21.3. The van der Waals surface area contributed by atoms with Crippen LogP contribution in [0.2, 0.25) is 0 Å². The maximum absolute atomic E-state index is 13.5. The van der Waals surface area contributed by atoms with Crippen molar-refractivity contribution in [2.45, 2.75) is 44.4 Å². The number of nitrogens with zero attached hydrogens (tertiary/aromatic N) is 5. The average molecular weight is 527 g/mol. The Kier molecular flexibility index (Phi) is 5.86. The molecule has 1 aliphatic carbocycles. The van der Waals surface area contributed by atoms with Crippen LogP contribution in [0.4, 0.5) is 13.2 Å². The van der Waals surface area contributed by atoms with E-state index in [2.05, 4.69) is 4.98 Å². The summed E-state index contributed by atoms with van der Waals surface area (Å²) >= 11 is 0. The highest BCUT2D eigenvalue weighted by Gasteiger charge is 2.34. The van der Waals surface area contributed by atoms with Gasteiger partial charge in [-0.3, -0.25) is 4.79 Å². The highest BCUT2D eigenvalue weighted by atomic mass is 19.4. The number of aromatic nitrogens is 4. The molecule has 4 heterocycles. The van der Waals surface area contributed by atoms with Gasteiger partial charge in [-0.2, -0.15) is 13.2 Å². The van der Waals surface area contributed by atoms with E-state index in [4.69, 9.17) is 15.5 Å². The minimum Gasteiger partial charge on any atom is -0.494 e. The number of rotatable bonds is 5. The van der Waals surface area contributed by atoms with Crippen molar-refractivity contribution < 1.29 is 22.7 Å². The van der Waals surface area contributed by atoms with Crippen molar-refractivity contribution in [2.75, 3.05) is 20.2 Å². The molecule has 1 saturated carbocycles. The van der Waals surface area contributed by atoms with Crippen molar-refractivity contribution in [3.63, 3.8) is 0 Å². The normalized spacial score (nSPS) is 18.5. The first kappa shape index (κ1) is 24.7. The van der Waals surface area contributed by atoms with Gasteiger partial charge in [-0.15, -0.1) is 0 Å². The summed E-state index contributed by atoms with van der Waals surface area (Å²) in [5.41, 5.74) is 7.86. The van der Waals surface area contributed by atoms with Gasteiger partial charge in [0.1, 0.15) is 22.6 Å². The molecule has 6 rings (SSSR count). The molecule has 1 amide bonds. The van der Waals surface area contributed by atoms with Crippen molar-refractivity contribution in [3.8, 4) is 17.3 Å². The minimum atomic E-state index is -4.53. The van der Waals surface area contributed by atoms with Crippen LogP contribution in [0, 0.1) is 5.92 Å². The number of hydrogen-bond acceptors (Lipinski definition) is 5.